The molecule has 0 fully saturated rings. The topological polar surface area (TPSA) is 53.3 Å². The van der Waals surface area contributed by atoms with Gasteiger partial charge in [-0.3, -0.25) is 14.1 Å². The molecular formula is C9H19N2O2WY-. The number of carbonyl (C=O) groups is 1. The molecule has 87 valence electrons. The van der Waals surface area contributed by atoms with Crippen LogP contribution < -0.4 is 0 Å². The minimum absolute atomic E-state index is 0. The maximum Gasteiger partial charge on any atom is 2.00 e. The van der Waals surface area contributed by atoms with Crippen LogP contribution in [0, 0.1) is 14.1 Å². The van der Waals surface area contributed by atoms with Crippen molar-refractivity contribution in [1.82, 2.24) is 4.90 Å². The maximum atomic E-state index is 10.7. The Morgan fingerprint density at radius 2 is 1.67 bits per heavy atom. The van der Waals surface area contributed by atoms with Crippen molar-refractivity contribution in [3.05, 3.63) is 19.8 Å². The first-order valence-electron chi connectivity index (χ1n) is 4.03. The monoisotopic (exact) mass is 460 g/mol. The molecule has 0 aliphatic rings. The van der Waals surface area contributed by atoms with E-state index in [1.165, 1.54) is 0 Å². The second kappa shape index (κ2) is 13.1. The van der Waals surface area contributed by atoms with E-state index in [1.54, 1.807) is 27.7 Å². The maximum absolute atomic E-state index is 10.7. The van der Waals surface area contributed by atoms with Gasteiger partial charge in [-0.15, -0.1) is 0 Å². The number of hydrogen-bond donors (Lipinski definition) is 0. The van der Waals surface area contributed by atoms with E-state index >= 15 is 0 Å². The molecule has 15 heavy (non-hydrogen) atoms. The van der Waals surface area contributed by atoms with Crippen LogP contribution in [0.3, 0.4) is 0 Å². The second-order valence-electron chi connectivity index (χ2n) is 3.37. The predicted octanol–water partition coefficient (Wildman–Crippen LogP) is 2.86. The summed E-state index contributed by atoms with van der Waals surface area (Å²) in [6.07, 6.45) is -0.521. The smallest absolute Gasteiger partial charge is 0.678 e. The number of amides is 1. The Kier molecular flexibility index (Phi) is 21.8. The zero-order valence-corrected chi connectivity index (χ0v) is 15.6. The van der Waals surface area contributed by atoms with E-state index in [4.69, 9.17) is 10.5 Å². The summed E-state index contributed by atoms with van der Waals surface area (Å²) < 4.78 is 4.86. The number of nitrogens with one attached hydrogen (secondary N) is 1. The average Bonchev–Trinajstić information content (AvgIpc) is 1.84. The van der Waals surface area contributed by atoms with Crippen LogP contribution in [0.5, 0.6) is 0 Å². The van der Waals surface area contributed by atoms with Gasteiger partial charge in [0.2, 0.25) is 0 Å². The van der Waals surface area contributed by atoms with Gasteiger partial charge in [0.25, 0.3) is 0 Å². The molecule has 6 heteroatoms. The minimum atomic E-state index is -0.521. The van der Waals surface area contributed by atoms with E-state index in [9.17, 15) is 4.79 Å². The van der Waals surface area contributed by atoms with Gasteiger partial charge >= 0.3 is 27.2 Å². The Bertz CT molecular complexity index is 150. The Hall–Kier alpha value is 1.02. The van der Waals surface area contributed by atoms with Crippen LogP contribution >= 0.6 is 0 Å². The van der Waals surface area contributed by atoms with E-state index < -0.39 is 11.7 Å². The summed E-state index contributed by atoms with van der Waals surface area (Å²) in [5.41, 5.74) is 5.74. The molecule has 0 bridgehead atoms. The average molecular weight is 460 g/mol. The molecule has 1 N–H and O–H groups in total. The first-order chi connectivity index (χ1) is 5.74. The fraction of sp³-hybridized carbons (Fsp3) is 0.667. The third-order valence-corrected chi connectivity index (χ3v) is 0.652. The molecule has 0 rings (SSSR count). The Balaban J connectivity index is -0.000000108. The standard InChI is InChI=1S/C7H13NO2.C2H6N.W.Y/c1-7(2,3)10-6(9)8(4)5;1-2-3;;/h4-5H2,1-3H3;3H,2H2,1H3;;/q-2;-1;+2;. The van der Waals surface area contributed by atoms with Crippen molar-refractivity contribution < 1.29 is 63.3 Å². The van der Waals surface area contributed by atoms with Crippen molar-refractivity contribution in [3.63, 3.8) is 0 Å². The SMILES string of the molecule is CC[NH-].[CH2-]N([CH2-])C(=O)OC(C)(C)C.[W+2].[Y]. The normalized spacial score (nSPS) is 8.47. The third kappa shape index (κ3) is 25.4. The van der Waals surface area contributed by atoms with Gasteiger partial charge in [0.15, 0.2) is 0 Å². The number of nitrogens with zero attached hydrogens (tertiary/aromatic N) is 1. The van der Waals surface area contributed by atoms with Gasteiger partial charge < -0.3 is 15.4 Å². The molecule has 0 aromatic carbocycles. The second-order valence-corrected chi connectivity index (χ2v) is 3.37. The number of carbonyl (C=O) groups excluding carboxylic acids is 1. The minimum Gasteiger partial charge on any atom is -0.678 e. The van der Waals surface area contributed by atoms with Crippen molar-refractivity contribution in [1.29, 1.82) is 0 Å². The Morgan fingerprint density at radius 1 is 1.40 bits per heavy atom. The van der Waals surface area contributed by atoms with Crippen molar-refractivity contribution in [3.8, 4) is 0 Å². The molecule has 0 atom stereocenters. The van der Waals surface area contributed by atoms with Crippen LogP contribution in [0.1, 0.15) is 27.7 Å². The number of ether oxygens (including phenoxy) is 1. The molecule has 1 radical (unpaired) electrons. The third-order valence-electron chi connectivity index (χ3n) is 0.652. The summed E-state index contributed by atoms with van der Waals surface area (Å²) in [6, 6.07) is 0. The van der Waals surface area contributed by atoms with Gasteiger partial charge in [-0.1, -0.05) is 6.92 Å². The molecular weight excluding hydrogens is 441 g/mol. The molecule has 0 aliphatic carbocycles. The van der Waals surface area contributed by atoms with Crippen molar-refractivity contribution >= 4 is 6.09 Å². The van der Waals surface area contributed by atoms with E-state index in [0.717, 1.165) is 4.90 Å². The van der Waals surface area contributed by atoms with Gasteiger partial charge in [-0.25, -0.2) is 4.79 Å². The van der Waals surface area contributed by atoms with E-state index in [1.807, 2.05) is 0 Å². The molecule has 4 nitrogen and oxygen atoms in total. The molecule has 0 spiro atoms. The van der Waals surface area contributed by atoms with Crippen LogP contribution in [-0.2, 0) is 58.5 Å². The summed E-state index contributed by atoms with van der Waals surface area (Å²) in [7, 11) is 6.54. The first-order valence-corrected chi connectivity index (χ1v) is 4.03. The summed E-state index contributed by atoms with van der Waals surface area (Å²) in [4.78, 5) is 11.6. The largest absolute Gasteiger partial charge is 2.00 e. The van der Waals surface area contributed by atoms with E-state index in [0.29, 0.717) is 6.54 Å². The van der Waals surface area contributed by atoms with Crippen LogP contribution in [0.25, 0.3) is 5.73 Å². The molecule has 0 unspecified atom stereocenters. The van der Waals surface area contributed by atoms with Crippen LogP contribution in [-0.4, -0.2) is 23.1 Å². The van der Waals surface area contributed by atoms with Crippen molar-refractivity contribution in [2.24, 2.45) is 0 Å². The van der Waals surface area contributed by atoms with Crippen LogP contribution in [0.15, 0.2) is 0 Å². The van der Waals surface area contributed by atoms with Gasteiger partial charge in [0.1, 0.15) is 5.60 Å². The van der Waals surface area contributed by atoms with Gasteiger partial charge in [0.05, 0.1) is 0 Å². The summed E-state index contributed by atoms with van der Waals surface area (Å²) in [5.74, 6) is 0. The quantitative estimate of drug-likeness (QED) is 0.523. The number of rotatable bonds is 0. The molecule has 0 saturated heterocycles. The number of hydrogen-bond acceptors (Lipinski definition) is 2. The fourth-order valence-electron chi connectivity index (χ4n) is 0.326. The molecule has 0 heterocycles. The Morgan fingerprint density at radius 3 is 1.73 bits per heavy atom. The summed E-state index contributed by atoms with van der Waals surface area (Å²) >= 11 is 0. The molecule has 0 aliphatic heterocycles. The van der Waals surface area contributed by atoms with Gasteiger partial charge in [0, 0.05) is 32.7 Å². The summed E-state index contributed by atoms with van der Waals surface area (Å²) in [5, 5.41) is 0. The fourth-order valence-corrected chi connectivity index (χ4v) is 0.326. The molecule has 1 amide bonds. The zero-order valence-electron chi connectivity index (χ0n) is 9.87. The zero-order chi connectivity index (χ0) is 11.1. The summed E-state index contributed by atoms with van der Waals surface area (Å²) in [6.45, 7) is 7.65. The van der Waals surface area contributed by atoms with Crippen molar-refractivity contribution in [2.45, 2.75) is 33.3 Å². The van der Waals surface area contributed by atoms with Gasteiger partial charge in [-0.2, -0.15) is 6.54 Å². The van der Waals surface area contributed by atoms with Crippen LogP contribution in [0.4, 0.5) is 4.79 Å². The predicted molar refractivity (Wildman–Crippen MR) is 53.6 cm³/mol. The van der Waals surface area contributed by atoms with E-state index in [-0.39, 0.29) is 53.8 Å². The van der Waals surface area contributed by atoms with E-state index in [2.05, 4.69) is 14.1 Å². The van der Waals surface area contributed by atoms with Crippen molar-refractivity contribution in [2.75, 3.05) is 6.54 Å². The first kappa shape index (κ1) is 25.0. The molecule has 0 aromatic heterocycles. The molecule has 0 aromatic rings. The van der Waals surface area contributed by atoms with Gasteiger partial charge in [-0.05, 0) is 20.8 Å². The Labute approximate surface area is 133 Å². The van der Waals surface area contributed by atoms with Crippen LogP contribution in [0.2, 0.25) is 0 Å². The molecule has 0 saturated carbocycles.